The van der Waals surface area contributed by atoms with E-state index < -0.39 is 0 Å². The first kappa shape index (κ1) is 20.1. The van der Waals surface area contributed by atoms with Crippen LogP contribution in [0.1, 0.15) is 45.0 Å². The normalized spacial score (nSPS) is 12.7. The lowest BCUT2D eigenvalue weighted by Crippen LogP contribution is -2.30. The van der Waals surface area contributed by atoms with E-state index in [-0.39, 0.29) is 24.6 Å². The standard InChI is InChI=1S/C21H30N6O/c1-13(2)18(11-28)25-21-24-17(10-22-16-8-6-7-15(5)9-16)19-20(26-21)27(12-23-19)14(3)4/h6-9,12-14,18,22,28H,10-11H2,1-5H3,(H,24,25,26). The van der Waals surface area contributed by atoms with Gasteiger partial charge in [0.1, 0.15) is 5.52 Å². The van der Waals surface area contributed by atoms with Gasteiger partial charge in [0.2, 0.25) is 5.95 Å². The van der Waals surface area contributed by atoms with E-state index in [9.17, 15) is 5.11 Å². The van der Waals surface area contributed by atoms with Crippen molar-refractivity contribution in [1.29, 1.82) is 0 Å². The highest BCUT2D eigenvalue weighted by atomic mass is 16.3. The quantitative estimate of drug-likeness (QED) is 0.550. The summed E-state index contributed by atoms with van der Waals surface area (Å²) >= 11 is 0. The van der Waals surface area contributed by atoms with Gasteiger partial charge in [0.25, 0.3) is 0 Å². The lowest BCUT2D eigenvalue weighted by atomic mass is 10.1. The number of hydrogen-bond acceptors (Lipinski definition) is 6. The van der Waals surface area contributed by atoms with E-state index in [0.29, 0.717) is 12.5 Å². The first-order chi connectivity index (χ1) is 13.4. The first-order valence-corrected chi connectivity index (χ1v) is 9.80. The van der Waals surface area contributed by atoms with Crippen LogP contribution >= 0.6 is 0 Å². The van der Waals surface area contributed by atoms with Gasteiger partial charge in [-0.2, -0.15) is 4.98 Å². The van der Waals surface area contributed by atoms with E-state index in [4.69, 9.17) is 9.97 Å². The van der Waals surface area contributed by atoms with Gasteiger partial charge in [-0.3, -0.25) is 0 Å². The van der Waals surface area contributed by atoms with E-state index in [0.717, 1.165) is 22.5 Å². The Labute approximate surface area is 166 Å². The lowest BCUT2D eigenvalue weighted by molar-refractivity contribution is 0.248. The molecule has 0 aliphatic carbocycles. The van der Waals surface area contributed by atoms with Crippen molar-refractivity contribution in [2.45, 2.75) is 53.2 Å². The van der Waals surface area contributed by atoms with Crippen LogP contribution < -0.4 is 10.6 Å². The number of aromatic nitrogens is 4. The molecule has 0 saturated carbocycles. The van der Waals surface area contributed by atoms with Crippen LogP contribution in [0.2, 0.25) is 0 Å². The number of fused-ring (bicyclic) bond motifs is 1. The van der Waals surface area contributed by atoms with Crippen molar-refractivity contribution in [1.82, 2.24) is 19.5 Å². The van der Waals surface area contributed by atoms with Crippen molar-refractivity contribution in [3.05, 3.63) is 41.9 Å². The van der Waals surface area contributed by atoms with Crippen molar-refractivity contribution < 1.29 is 5.11 Å². The number of nitrogens with one attached hydrogen (secondary N) is 2. The lowest BCUT2D eigenvalue weighted by Gasteiger charge is -2.20. The molecule has 7 nitrogen and oxygen atoms in total. The highest BCUT2D eigenvalue weighted by molar-refractivity contribution is 5.75. The molecule has 1 aromatic carbocycles. The number of aliphatic hydroxyl groups excluding tert-OH is 1. The number of anilines is 2. The van der Waals surface area contributed by atoms with Gasteiger partial charge in [0, 0.05) is 11.7 Å². The zero-order chi connectivity index (χ0) is 20.3. The number of hydrogen-bond donors (Lipinski definition) is 3. The van der Waals surface area contributed by atoms with Gasteiger partial charge in [-0.15, -0.1) is 0 Å². The van der Waals surface area contributed by atoms with E-state index in [1.165, 1.54) is 5.56 Å². The first-order valence-electron chi connectivity index (χ1n) is 9.80. The molecule has 2 aromatic heterocycles. The molecule has 0 aliphatic rings. The monoisotopic (exact) mass is 382 g/mol. The maximum Gasteiger partial charge on any atom is 0.225 e. The van der Waals surface area contributed by atoms with Gasteiger partial charge < -0.3 is 20.3 Å². The summed E-state index contributed by atoms with van der Waals surface area (Å²) in [5.74, 6) is 0.775. The Morgan fingerprint density at radius 3 is 2.57 bits per heavy atom. The Kier molecular flexibility index (Phi) is 6.14. The molecule has 150 valence electrons. The molecule has 3 rings (SSSR count). The van der Waals surface area contributed by atoms with Crippen LogP contribution in [-0.4, -0.2) is 37.3 Å². The Morgan fingerprint density at radius 2 is 1.93 bits per heavy atom. The molecule has 0 saturated heterocycles. The molecule has 1 atom stereocenters. The number of aryl methyl sites for hydroxylation is 1. The SMILES string of the molecule is Cc1cccc(NCc2nc(NC(CO)C(C)C)nc3c2ncn3C(C)C)c1. The summed E-state index contributed by atoms with van der Waals surface area (Å²) in [6.45, 7) is 11.0. The van der Waals surface area contributed by atoms with Crippen LogP contribution in [0.25, 0.3) is 11.2 Å². The van der Waals surface area contributed by atoms with Crippen LogP contribution in [-0.2, 0) is 6.54 Å². The third-order valence-electron chi connectivity index (χ3n) is 4.84. The van der Waals surface area contributed by atoms with Crippen molar-refractivity contribution in [3.63, 3.8) is 0 Å². The van der Waals surface area contributed by atoms with Gasteiger partial charge in [0.05, 0.1) is 31.2 Å². The van der Waals surface area contributed by atoms with Gasteiger partial charge in [-0.05, 0) is 44.4 Å². The molecule has 0 bridgehead atoms. The molecule has 7 heteroatoms. The Bertz CT molecular complexity index is 934. The molecule has 3 N–H and O–H groups in total. The van der Waals surface area contributed by atoms with Crippen LogP contribution in [0, 0.1) is 12.8 Å². The predicted molar refractivity (Wildman–Crippen MR) is 114 cm³/mol. The van der Waals surface area contributed by atoms with Crippen molar-refractivity contribution in [2.24, 2.45) is 5.92 Å². The summed E-state index contributed by atoms with van der Waals surface area (Å²) in [5, 5.41) is 16.4. The van der Waals surface area contributed by atoms with Gasteiger partial charge in [0.15, 0.2) is 5.65 Å². The minimum absolute atomic E-state index is 0.0272. The molecule has 1 unspecified atom stereocenters. The summed E-state index contributed by atoms with van der Waals surface area (Å²) < 4.78 is 2.04. The average Bonchev–Trinajstić information content (AvgIpc) is 3.08. The van der Waals surface area contributed by atoms with Crippen LogP contribution in [0.5, 0.6) is 0 Å². The number of rotatable bonds is 8. The van der Waals surface area contributed by atoms with E-state index in [2.05, 4.69) is 62.4 Å². The third-order valence-corrected chi connectivity index (χ3v) is 4.84. The molecule has 0 fully saturated rings. The second-order valence-electron chi connectivity index (χ2n) is 7.81. The maximum atomic E-state index is 9.67. The highest BCUT2D eigenvalue weighted by Gasteiger charge is 2.18. The maximum absolute atomic E-state index is 9.67. The predicted octanol–water partition coefficient (Wildman–Crippen LogP) is 3.76. The minimum atomic E-state index is -0.106. The fraction of sp³-hybridized carbons (Fsp3) is 0.476. The van der Waals surface area contributed by atoms with Crippen molar-refractivity contribution in [2.75, 3.05) is 17.2 Å². The summed E-state index contributed by atoms with van der Waals surface area (Å²) in [4.78, 5) is 14.0. The molecular formula is C21H30N6O. The van der Waals surface area contributed by atoms with Crippen LogP contribution in [0.4, 0.5) is 11.6 Å². The van der Waals surface area contributed by atoms with Crippen LogP contribution in [0.3, 0.4) is 0 Å². The molecule has 0 amide bonds. The molecule has 0 aliphatic heterocycles. The zero-order valence-electron chi connectivity index (χ0n) is 17.3. The molecule has 0 radical (unpaired) electrons. The highest BCUT2D eigenvalue weighted by Crippen LogP contribution is 2.22. The zero-order valence-corrected chi connectivity index (χ0v) is 17.3. The van der Waals surface area contributed by atoms with Gasteiger partial charge >= 0.3 is 0 Å². The fourth-order valence-electron chi connectivity index (χ4n) is 3.07. The van der Waals surface area contributed by atoms with Gasteiger partial charge in [-0.25, -0.2) is 9.97 Å². The Balaban J connectivity index is 1.96. The molecule has 0 spiro atoms. The minimum Gasteiger partial charge on any atom is -0.394 e. The number of aliphatic hydroxyl groups is 1. The van der Waals surface area contributed by atoms with E-state index in [1.807, 2.05) is 23.0 Å². The summed E-state index contributed by atoms with van der Waals surface area (Å²) in [7, 11) is 0. The molecule has 3 aromatic rings. The number of benzene rings is 1. The van der Waals surface area contributed by atoms with Crippen molar-refractivity contribution in [3.8, 4) is 0 Å². The Hall–Kier alpha value is -2.67. The summed E-state index contributed by atoms with van der Waals surface area (Å²) in [6.07, 6.45) is 1.82. The second kappa shape index (κ2) is 8.56. The second-order valence-corrected chi connectivity index (χ2v) is 7.81. The van der Waals surface area contributed by atoms with E-state index in [1.54, 1.807) is 0 Å². The summed E-state index contributed by atoms with van der Waals surface area (Å²) in [6, 6.07) is 8.38. The number of nitrogens with zero attached hydrogens (tertiary/aromatic N) is 4. The largest absolute Gasteiger partial charge is 0.394 e. The van der Waals surface area contributed by atoms with Crippen molar-refractivity contribution >= 4 is 22.8 Å². The topological polar surface area (TPSA) is 87.9 Å². The van der Waals surface area contributed by atoms with Crippen LogP contribution in [0.15, 0.2) is 30.6 Å². The Morgan fingerprint density at radius 1 is 1.14 bits per heavy atom. The molecular weight excluding hydrogens is 352 g/mol. The fourth-order valence-corrected chi connectivity index (χ4v) is 3.07. The van der Waals surface area contributed by atoms with E-state index >= 15 is 0 Å². The smallest absolute Gasteiger partial charge is 0.225 e. The third kappa shape index (κ3) is 4.42. The molecule has 2 heterocycles. The molecule has 28 heavy (non-hydrogen) atoms. The summed E-state index contributed by atoms with van der Waals surface area (Å²) in [5.41, 5.74) is 4.67. The van der Waals surface area contributed by atoms with Gasteiger partial charge in [-0.1, -0.05) is 26.0 Å². The number of imidazole rings is 1. The average molecular weight is 383 g/mol.